The zero-order chi connectivity index (χ0) is 8.23. The first kappa shape index (κ1) is 7.87. The molecule has 1 nitrogen and oxygen atoms in total. The van der Waals surface area contributed by atoms with Crippen LogP contribution in [-0.2, 0) is 0 Å². The van der Waals surface area contributed by atoms with Gasteiger partial charge in [-0.2, -0.15) is 0 Å². The summed E-state index contributed by atoms with van der Waals surface area (Å²) in [5.74, 6) is 0. The predicted molar refractivity (Wildman–Crippen MR) is 53.2 cm³/mol. The van der Waals surface area contributed by atoms with Gasteiger partial charge in [-0.15, -0.1) is 11.3 Å². The van der Waals surface area contributed by atoms with Gasteiger partial charge in [-0.25, -0.2) is 0 Å². The fourth-order valence-corrected chi connectivity index (χ4v) is 2.33. The van der Waals surface area contributed by atoms with Gasteiger partial charge >= 0.3 is 0 Å². The molecule has 0 saturated carbocycles. The minimum absolute atomic E-state index is 0.559. The summed E-state index contributed by atoms with van der Waals surface area (Å²) in [6.45, 7) is 0. The van der Waals surface area contributed by atoms with Crippen LogP contribution in [0.15, 0.2) is 29.8 Å². The molecule has 2 rings (SSSR count). The van der Waals surface area contributed by atoms with Crippen molar-refractivity contribution in [2.24, 2.45) is 0 Å². The third kappa shape index (κ3) is 1.69. The normalized spacial score (nSPS) is 23.2. The molecule has 0 spiro atoms. The van der Waals surface area contributed by atoms with Crippen molar-refractivity contribution in [3.05, 3.63) is 34.7 Å². The predicted octanol–water partition coefficient (Wildman–Crippen LogP) is 3.08. The molecule has 1 aromatic heterocycles. The van der Waals surface area contributed by atoms with Crippen LogP contribution in [0.5, 0.6) is 0 Å². The lowest BCUT2D eigenvalue weighted by molar-refractivity contribution is 0.574. The molecule has 1 unspecified atom stereocenters. The van der Waals surface area contributed by atoms with Crippen LogP contribution in [0.1, 0.15) is 30.2 Å². The van der Waals surface area contributed by atoms with Gasteiger partial charge in [0.2, 0.25) is 0 Å². The van der Waals surface area contributed by atoms with Crippen molar-refractivity contribution in [1.29, 1.82) is 0 Å². The highest BCUT2D eigenvalue weighted by atomic mass is 32.1. The van der Waals surface area contributed by atoms with Crippen LogP contribution >= 0.6 is 11.3 Å². The second-order valence-electron chi connectivity index (χ2n) is 3.07. The summed E-state index contributed by atoms with van der Waals surface area (Å²) >= 11 is 1.84. The standard InChI is InChI=1S/C10H13NS/c1-2-5-9(11-7-3-1)10-6-4-8-12-10/h3-4,6-9,11H,1-2,5H2. The van der Waals surface area contributed by atoms with Gasteiger partial charge in [0.05, 0.1) is 6.04 Å². The maximum absolute atomic E-state index is 3.41. The van der Waals surface area contributed by atoms with Crippen molar-refractivity contribution in [2.75, 3.05) is 0 Å². The number of hydrogen-bond acceptors (Lipinski definition) is 2. The first-order valence-corrected chi connectivity index (χ1v) is 5.29. The number of rotatable bonds is 1. The minimum Gasteiger partial charge on any atom is -0.384 e. The molecule has 1 atom stereocenters. The molecule has 0 aliphatic carbocycles. The Morgan fingerprint density at radius 1 is 1.50 bits per heavy atom. The van der Waals surface area contributed by atoms with Gasteiger partial charge in [0.1, 0.15) is 0 Å². The molecule has 0 amide bonds. The number of thiophene rings is 1. The van der Waals surface area contributed by atoms with Crippen molar-refractivity contribution >= 4 is 11.3 Å². The molecule has 0 fully saturated rings. The Bertz CT molecular complexity index is 251. The second-order valence-corrected chi connectivity index (χ2v) is 4.05. The molecule has 1 aliphatic rings. The van der Waals surface area contributed by atoms with Crippen LogP contribution in [-0.4, -0.2) is 0 Å². The van der Waals surface area contributed by atoms with E-state index in [0.29, 0.717) is 6.04 Å². The molecule has 1 aromatic rings. The first-order chi connectivity index (χ1) is 5.97. The Hall–Kier alpha value is -0.760. The monoisotopic (exact) mass is 179 g/mol. The summed E-state index contributed by atoms with van der Waals surface area (Å²) in [5, 5.41) is 5.56. The van der Waals surface area contributed by atoms with E-state index < -0.39 is 0 Å². The van der Waals surface area contributed by atoms with E-state index in [1.165, 1.54) is 24.1 Å². The van der Waals surface area contributed by atoms with Crippen LogP contribution in [0.2, 0.25) is 0 Å². The van der Waals surface area contributed by atoms with Crippen molar-refractivity contribution in [3.8, 4) is 0 Å². The third-order valence-electron chi connectivity index (χ3n) is 2.17. The molecule has 64 valence electrons. The van der Waals surface area contributed by atoms with Crippen LogP contribution in [0.25, 0.3) is 0 Å². The van der Waals surface area contributed by atoms with Crippen LogP contribution < -0.4 is 5.32 Å². The van der Waals surface area contributed by atoms with Crippen molar-refractivity contribution in [3.63, 3.8) is 0 Å². The summed E-state index contributed by atoms with van der Waals surface area (Å²) in [7, 11) is 0. The maximum atomic E-state index is 3.41. The van der Waals surface area contributed by atoms with Crippen molar-refractivity contribution < 1.29 is 0 Å². The Balaban J connectivity index is 2.08. The Kier molecular flexibility index (Phi) is 2.47. The van der Waals surface area contributed by atoms with Crippen LogP contribution in [0.4, 0.5) is 0 Å². The largest absolute Gasteiger partial charge is 0.384 e. The van der Waals surface area contributed by atoms with E-state index in [0.717, 1.165) is 0 Å². The molecule has 1 N–H and O–H groups in total. The summed E-state index contributed by atoms with van der Waals surface area (Å²) in [6, 6.07) is 4.89. The molecule has 2 heterocycles. The highest BCUT2D eigenvalue weighted by molar-refractivity contribution is 7.10. The van der Waals surface area contributed by atoms with E-state index in [2.05, 4.69) is 35.1 Å². The number of nitrogens with one attached hydrogen (secondary N) is 1. The molecule has 0 radical (unpaired) electrons. The van der Waals surface area contributed by atoms with Crippen LogP contribution in [0.3, 0.4) is 0 Å². The molecule has 0 aromatic carbocycles. The van der Waals surface area contributed by atoms with Gasteiger partial charge in [-0.1, -0.05) is 12.1 Å². The summed E-state index contributed by atoms with van der Waals surface area (Å²) in [5.41, 5.74) is 0. The fourth-order valence-electron chi connectivity index (χ4n) is 1.50. The van der Waals surface area contributed by atoms with Gasteiger partial charge < -0.3 is 5.32 Å². The number of allylic oxidation sites excluding steroid dienone is 1. The summed E-state index contributed by atoms with van der Waals surface area (Å²) in [4.78, 5) is 1.46. The zero-order valence-corrected chi connectivity index (χ0v) is 7.81. The molecule has 12 heavy (non-hydrogen) atoms. The van der Waals surface area contributed by atoms with Gasteiger partial charge in [-0.05, 0) is 36.9 Å². The Morgan fingerprint density at radius 2 is 2.50 bits per heavy atom. The summed E-state index contributed by atoms with van der Waals surface area (Å²) in [6.07, 6.45) is 8.08. The SMILES string of the molecule is C1=CNC(c2cccs2)CCC1. The lowest BCUT2D eigenvalue weighted by atomic mass is 10.1. The smallest absolute Gasteiger partial charge is 0.0601 e. The maximum Gasteiger partial charge on any atom is 0.0601 e. The number of hydrogen-bond donors (Lipinski definition) is 1. The highest BCUT2D eigenvalue weighted by Crippen LogP contribution is 2.25. The average Bonchev–Trinajstić information content (AvgIpc) is 2.48. The van der Waals surface area contributed by atoms with Gasteiger partial charge in [-0.3, -0.25) is 0 Å². The molecule has 0 saturated heterocycles. The van der Waals surface area contributed by atoms with E-state index >= 15 is 0 Å². The molecular weight excluding hydrogens is 166 g/mol. The quantitative estimate of drug-likeness (QED) is 0.698. The molecule has 2 heteroatoms. The van der Waals surface area contributed by atoms with E-state index in [1.807, 2.05) is 11.3 Å². The van der Waals surface area contributed by atoms with E-state index in [1.54, 1.807) is 0 Å². The fraction of sp³-hybridized carbons (Fsp3) is 0.400. The van der Waals surface area contributed by atoms with E-state index in [-0.39, 0.29) is 0 Å². The zero-order valence-electron chi connectivity index (χ0n) is 6.99. The molecule has 0 bridgehead atoms. The molecule has 1 aliphatic heterocycles. The van der Waals surface area contributed by atoms with Gasteiger partial charge in [0.25, 0.3) is 0 Å². The van der Waals surface area contributed by atoms with E-state index in [9.17, 15) is 0 Å². The highest BCUT2D eigenvalue weighted by Gasteiger charge is 2.10. The van der Waals surface area contributed by atoms with Gasteiger partial charge in [0, 0.05) is 4.88 Å². The minimum atomic E-state index is 0.559. The van der Waals surface area contributed by atoms with Crippen molar-refractivity contribution in [1.82, 2.24) is 5.32 Å². The van der Waals surface area contributed by atoms with Gasteiger partial charge in [0.15, 0.2) is 0 Å². The second kappa shape index (κ2) is 3.76. The lowest BCUT2D eigenvalue weighted by Gasteiger charge is -2.12. The topological polar surface area (TPSA) is 12.0 Å². The Labute approximate surface area is 77.1 Å². The third-order valence-corrected chi connectivity index (χ3v) is 3.15. The molecular formula is C10H13NS. The Morgan fingerprint density at radius 3 is 3.33 bits per heavy atom. The lowest BCUT2D eigenvalue weighted by Crippen LogP contribution is -2.12. The van der Waals surface area contributed by atoms with Crippen molar-refractivity contribution in [2.45, 2.75) is 25.3 Å². The van der Waals surface area contributed by atoms with Crippen LogP contribution in [0, 0.1) is 0 Å². The first-order valence-electron chi connectivity index (χ1n) is 4.41. The summed E-state index contributed by atoms with van der Waals surface area (Å²) < 4.78 is 0. The average molecular weight is 179 g/mol. The van der Waals surface area contributed by atoms with E-state index in [4.69, 9.17) is 0 Å².